The number of aromatic nitrogens is 2. The minimum absolute atomic E-state index is 0.407. The fourth-order valence-corrected chi connectivity index (χ4v) is 2.35. The third-order valence-corrected chi connectivity index (χ3v) is 4.06. The predicted molar refractivity (Wildman–Crippen MR) is 135 cm³/mol. The summed E-state index contributed by atoms with van der Waals surface area (Å²) in [5.74, 6) is -3.23. The number of aliphatic carboxylic acids is 4. The van der Waals surface area contributed by atoms with Gasteiger partial charge in [0.25, 0.3) is 0 Å². The highest BCUT2D eigenvalue weighted by Crippen LogP contribution is 2.14. The number of ether oxygens (including phenoxy) is 1. The first-order valence-corrected chi connectivity index (χ1v) is 10.8. The first-order chi connectivity index (χ1) is 18.0. The van der Waals surface area contributed by atoms with Gasteiger partial charge in [0, 0.05) is 56.2 Å². The Morgan fingerprint density at radius 1 is 0.947 bits per heavy atom. The van der Waals surface area contributed by atoms with Crippen LogP contribution in [0.1, 0.15) is 17.8 Å². The molecule has 6 N–H and O–H groups in total. The van der Waals surface area contributed by atoms with Gasteiger partial charge in [-0.25, -0.2) is 24.2 Å². The van der Waals surface area contributed by atoms with Crippen LogP contribution in [0.25, 0.3) is 0 Å². The number of aryl methyl sites for hydroxylation is 2. The fraction of sp³-hybridized carbons (Fsp3) is 0.250. The van der Waals surface area contributed by atoms with Gasteiger partial charge in [0.15, 0.2) is 0 Å². The van der Waals surface area contributed by atoms with E-state index in [1.165, 1.54) is 0 Å². The second-order valence-corrected chi connectivity index (χ2v) is 6.83. The van der Waals surface area contributed by atoms with E-state index in [1.54, 1.807) is 13.3 Å². The number of benzene rings is 1. The van der Waals surface area contributed by atoms with Gasteiger partial charge in [-0.05, 0) is 36.8 Å². The van der Waals surface area contributed by atoms with E-state index in [0.29, 0.717) is 37.5 Å². The summed E-state index contributed by atoms with van der Waals surface area (Å²) >= 11 is 0. The monoisotopic (exact) mass is 534 g/mol. The number of rotatable bonds is 12. The van der Waals surface area contributed by atoms with Crippen LogP contribution >= 0.6 is 0 Å². The molecule has 2 rings (SSSR count). The van der Waals surface area contributed by atoms with E-state index >= 15 is 0 Å². The third kappa shape index (κ3) is 16.6. The van der Waals surface area contributed by atoms with Crippen molar-refractivity contribution in [3.05, 3.63) is 72.4 Å². The van der Waals surface area contributed by atoms with E-state index in [1.807, 2.05) is 37.4 Å². The third-order valence-electron chi connectivity index (χ3n) is 4.06. The van der Waals surface area contributed by atoms with Crippen molar-refractivity contribution in [2.24, 2.45) is 10.9 Å². The molecule has 14 nitrogen and oxygen atoms in total. The number of carboxylic acid groups (broad SMARTS) is 4. The average molecular weight is 535 g/mol. The lowest BCUT2D eigenvalue weighted by Crippen LogP contribution is -2.11. The van der Waals surface area contributed by atoms with Crippen molar-refractivity contribution < 1.29 is 49.2 Å². The number of nitrogens with zero attached hydrogens (tertiary/aromatic N) is 3. The molecule has 1 heterocycles. The minimum atomic E-state index is -1.26. The first-order valence-electron chi connectivity index (χ1n) is 10.8. The van der Waals surface area contributed by atoms with Gasteiger partial charge in [-0.1, -0.05) is 5.16 Å². The van der Waals surface area contributed by atoms with Crippen molar-refractivity contribution in [1.82, 2.24) is 9.55 Å². The number of oxime groups is 1. The Kier molecular flexibility index (Phi) is 16.7. The zero-order chi connectivity index (χ0) is 28.9. The Balaban J connectivity index is 0.000000705. The van der Waals surface area contributed by atoms with Crippen LogP contribution in [0.15, 0.2) is 66.1 Å². The molecule has 1 aromatic carbocycles. The highest BCUT2D eigenvalue weighted by molar-refractivity contribution is 6.00. The molecule has 0 saturated carbocycles. The molecule has 14 heteroatoms. The van der Waals surface area contributed by atoms with Crippen LogP contribution in [-0.2, 0) is 30.6 Å². The summed E-state index contributed by atoms with van der Waals surface area (Å²) in [6, 6.07) is 7.78. The molecule has 0 aliphatic heterocycles. The maximum absolute atomic E-state index is 9.55. The van der Waals surface area contributed by atoms with Crippen molar-refractivity contribution in [3.63, 3.8) is 0 Å². The molecule has 0 atom stereocenters. The van der Waals surface area contributed by atoms with E-state index in [-0.39, 0.29) is 0 Å². The molecule has 0 bridgehead atoms. The number of hydrogen-bond donors (Lipinski definition) is 5. The van der Waals surface area contributed by atoms with E-state index in [9.17, 15) is 19.2 Å². The molecular formula is C24H30N4O10. The van der Waals surface area contributed by atoms with Crippen molar-refractivity contribution in [2.75, 3.05) is 20.3 Å². The van der Waals surface area contributed by atoms with Crippen LogP contribution in [0.3, 0.4) is 0 Å². The van der Waals surface area contributed by atoms with Crippen LogP contribution in [0, 0.1) is 6.92 Å². The Bertz CT molecular complexity index is 1060. The lowest BCUT2D eigenvalue weighted by molar-refractivity contribution is -0.134. The van der Waals surface area contributed by atoms with Gasteiger partial charge >= 0.3 is 23.9 Å². The molecule has 1 aromatic heterocycles. The molecule has 2 aromatic rings. The van der Waals surface area contributed by atoms with Gasteiger partial charge in [0.05, 0.1) is 12.8 Å². The zero-order valence-electron chi connectivity index (χ0n) is 20.8. The van der Waals surface area contributed by atoms with Crippen molar-refractivity contribution in [2.45, 2.75) is 19.9 Å². The Morgan fingerprint density at radius 3 is 1.82 bits per heavy atom. The number of hydrogen-bond acceptors (Lipinski definition) is 9. The SMILES string of the molecule is COc1ccc(C(CCn2ccnc2C)=NOCCN)cc1.O=C(O)C=CC(=O)O.O=C(O)C=CC(=O)O. The van der Waals surface area contributed by atoms with E-state index in [2.05, 4.69) is 14.7 Å². The lowest BCUT2D eigenvalue weighted by atomic mass is 10.1. The number of carbonyl (C=O) groups is 4. The Labute approximate surface area is 217 Å². The van der Waals surface area contributed by atoms with Crippen LogP contribution in [-0.4, -0.2) is 79.8 Å². The molecular weight excluding hydrogens is 504 g/mol. The topological polar surface area (TPSA) is 224 Å². The first kappa shape index (κ1) is 33.0. The maximum atomic E-state index is 9.55. The number of carboxylic acids is 4. The fourth-order valence-electron chi connectivity index (χ4n) is 2.35. The second kappa shape index (κ2) is 19.2. The number of nitrogens with two attached hydrogens (primary N) is 1. The van der Waals surface area contributed by atoms with E-state index in [4.69, 9.17) is 35.7 Å². The Morgan fingerprint density at radius 2 is 1.45 bits per heavy atom. The molecule has 0 amide bonds. The van der Waals surface area contributed by atoms with Crippen LogP contribution in [0.2, 0.25) is 0 Å². The van der Waals surface area contributed by atoms with Gasteiger partial charge < -0.3 is 40.3 Å². The number of methoxy groups -OCH3 is 1. The summed E-state index contributed by atoms with van der Waals surface area (Å²) in [4.78, 5) is 47.7. The quantitative estimate of drug-likeness (QED) is 0.113. The summed E-state index contributed by atoms with van der Waals surface area (Å²) in [5.41, 5.74) is 7.33. The summed E-state index contributed by atoms with van der Waals surface area (Å²) < 4.78 is 7.27. The molecule has 38 heavy (non-hydrogen) atoms. The molecule has 0 radical (unpaired) electrons. The molecule has 0 saturated heterocycles. The smallest absolute Gasteiger partial charge is 0.328 e. The van der Waals surface area contributed by atoms with Gasteiger partial charge in [-0.15, -0.1) is 0 Å². The zero-order valence-corrected chi connectivity index (χ0v) is 20.8. The normalized spacial score (nSPS) is 10.7. The van der Waals surface area contributed by atoms with Gasteiger partial charge in [0.1, 0.15) is 18.2 Å². The van der Waals surface area contributed by atoms with Gasteiger partial charge in [-0.3, -0.25) is 0 Å². The highest BCUT2D eigenvalue weighted by Gasteiger charge is 2.07. The standard InChI is InChI=1S/C16H22N4O2.2C4H4O4/c1-13-18-9-11-20(13)10-7-16(19-22-12-8-17)14-3-5-15(21-2)6-4-14;2*5-3(6)1-2-4(7)8/h3-6,9,11H,7-8,10,12,17H2,1-2H3;2*1-2H,(H,5,6)(H,7,8). The van der Waals surface area contributed by atoms with Crippen LogP contribution in [0.5, 0.6) is 5.75 Å². The summed E-state index contributed by atoms with van der Waals surface area (Å²) in [7, 11) is 1.65. The van der Waals surface area contributed by atoms with Crippen LogP contribution < -0.4 is 10.5 Å². The van der Waals surface area contributed by atoms with Crippen LogP contribution in [0.4, 0.5) is 0 Å². The van der Waals surface area contributed by atoms with Crippen molar-refractivity contribution in [1.29, 1.82) is 0 Å². The molecule has 0 aliphatic rings. The molecule has 0 unspecified atom stereocenters. The van der Waals surface area contributed by atoms with Crippen molar-refractivity contribution in [3.8, 4) is 5.75 Å². The Hall–Kier alpha value is -4.98. The number of imidazole rings is 1. The lowest BCUT2D eigenvalue weighted by Gasteiger charge is -2.09. The predicted octanol–water partition coefficient (Wildman–Crippen LogP) is 1.39. The van der Waals surface area contributed by atoms with E-state index < -0.39 is 23.9 Å². The summed E-state index contributed by atoms with van der Waals surface area (Å²) in [5, 5.41) is 35.5. The van der Waals surface area contributed by atoms with Gasteiger partial charge in [0.2, 0.25) is 0 Å². The largest absolute Gasteiger partial charge is 0.497 e. The summed E-state index contributed by atoms with van der Waals surface area (Å²) in [6.45, 7) is 3.63. The molecule has 0 spiro atoms. The summed E-state index contributed by atoms with van der Waals surface area (Å²) in [6.07, 6.45) is 6.73. The molecule has 206 valence electrons. The molecule has 0 fully saturated rings. The van der Waals surface area contributed by atoms with Crippen molar-refractivity contribution >= 4 is 29.6 Å². The van der Waals surface area contributed by atoms with Gasteiger partial charge in [-0.2, -0.15) is 0 Å². The molecule has 0 aliphatic carbocycles. The maximum Gasteiger partial charge on any atom is 0.328 e. The second-order valence-electron chi connectivity index (χ2n) is 6.83. The van der Waals surface area contributed by atoms with E-state index in [0.717, 1.165) is 35.8 Å². The highest BCUT2D eigenvalue weighted by atomic mass is 16.6. The minimum Gasteiger partial charge on any atom is -0.497 e. The average Bonchev–Trinajstić information content (AvgIpc) is 3.29.